The molecular formula is C15H17ClN2O. The average Bonchev–Trinajstić information content (AvgIpc) is 2.36. The van der Waals surface area contributed by atoms with Crippen molar-refractivity contribution in [2.75, 3.05) is 11.1 Å². The van der Waals surface area contributed by atoms with Gasteiger partial charge in [0.05, 0.1) is 28.2 Å². The van der Waals surface area contributed by atoms with Gasteiger partial charge in [0.15, 0.2) is 0 Å². The summed E-state index contributed by atoms with van der Waals surface area (Å²) in [6.07, 6.45) is 0.0814. The predicted octanol–water partition coefficient (Wildman–Crippen LogP) is 4.45. The van der Waals surface area contributed by atoms with Gasteiger partial charge in [0.25, 0.3) is 0 Å². The smallest absolute Gasteiger partial charge is 0.144 e. The second kappa shape index (κ2) is 5.85. The first kappa shape index (κ1) is 13.6. The summed E-state index contributed by atoms with van der Waals surface area (Å²) in [4.78, 5) is 0. The first-order chi connectivity index (χ1) is 9.08. The zero-order chi connectivity index (χ0) is 13.8. The average molecular weight is 277 g/mol. The van der Waals surface area contributed by atoms with Crippen LogP contribution in [0, 0.1) is 0 Å². The molecular weight excluding hydrogens is 260 g/mol. The van der Waals surface area contributed by atoms with Crippen LogP contribution in [0.5, 0.6) is 5.75 Å². The Kier molecular flexibility index (Phi) is 4.17. The molecule has 0 fully saturated rings. The van der Waals surface area contributed by atoms with E-state index in [1.54, 1.807) is 0 Å². The fraction of sp³-hybridized carbons (Fsp3) is 0.200. The maximum atomic E-state index is 6.12. The van der Waals surface area contributed by atoms with Gasteiger partial charge in [0.2, 0.25) is 0 Å². The van der Waals surface area contributed by atoms with Crippen molar-refractivity contribution in [3.05, 3.63) is 47.5 Å². The van der Waals surface area contributed by atoms with E-state index in [4.69, 9.17) is 22.1 Å². The van der Waals surface area contributed by atoms with Crippen LogP contribution in [0.2, 0.25) is 5.02 Å². The van der Waals surface area contributed by atoms with E-state index in [0.717, 1.165) is 11.4 Å². The lowest BCUT2D eigenvalue weighted by atomic mass is 10.2. The number of para-hydroxylation sites is 2. The molecule has 0 unspecified atom stereocenters. The van der Waals surface area contributed by atoms with E-state index in [1.165, 1.54) is 0 Å². The van der Waals surface area contributed by atoms with E-state index in [-0.39, 0.29) is 6.10 Å². The third kappa shape index (κ3) is 3.32. The molecule has 2 aromatic carbocycles. The summed E-state index contributed by atoms with van der Waals surface area (Å²) in [5, 5.41) is 3.87. The van der Waals surface area contributed by atoms with Crippen LogP contribution in [-0.2, 0) is 0 Å². The summed E-state index contributed by atoms with van der Waals surface area (Å²) in [5.74, 6) is 0.673. The molecule has 19 heavy (non-hydrogen) atoms. The molecule has 3 N–H and O–H groups in total. The van der Waals surface area contributed by atoms with Crippen molar-refractivity contribution in [2.45, 2.75) is 20.0 Å². The summed E-state index contributed by atoms with van der Waals surface area (Å²) < 4.78 is 5.66. The standard InChI is InChI=1S/C15H17ClN2O/c1-10(2)19-14-9-5-8-13(15(14)17)18-12-7-4-3-6-11(12)16/h3-10,18H,17H2,1-2H3. The highest BCUT2D eigenvalue weighted by molar-refractivity contribution is 6.33. The van der Waals surface area contributed by atoms with Gasteiger partial charge in [-0.2, -0.15) is 0 Å². The molecule has 0 aliphatic rings. The Hall–Kier alpha value is -1.87. The minimum Gasteiger partial charge on any atom is -0.489 e. The van der Waals surface area contributed by atoms with E-state index in [1.807, 2.05) is 56.3 Å². The molecule has 0 heterocycles. The highest BCUT2D eigenvalue weighted by Crippen LogP contribution is 2.33. The molecule has 0 aliphatic heterocycles. The molecule has 2 aromatic rings. The van der Waals surface area contributed by atoms with Gasteiger partial charge in [-0.3, -0.25) is 0 Å². The number of ether oxygens (including phenoxy) is 1. The normalized spacial score (nSPS) is 10.5. The van der Waals surface area contributed by atoms with Gasteiger partial charge in [-0.05, 0) is 38.1 Å². The summed E-state index contributed by atoms with van der Waals surface area (Å²) in [7, 11) is 0. The van der Waals surface area contributed by atoms with Crippen LogP contribution in [0.4, 0.5) is 17.1 Å². The van der Waals surface area contributed by atoms with Crippen molar-refractivity contribution in [1.82, 2.24) is 0 Å². The third-order valence-electron chi connectivity index (χ3n) is 2.57. The Morgan fingerprint density at radius 3 is 2.42 bits per heavy atom. The van der Waals surface area contributed by atoms with Crippen LogP contribution < -0.4 is 15.8 Å². The minimum absolute atomic E-state index is 0.0814. The number of nitrogens with one attached hydrogen (secondary N) is 1. The van der Waals surface area contributed by atoms with Crippen molar-refractivity contribution in [1.29, 1.82) is 0 Å². The monoisotopic (exact) mass is 276 g/mol. The van der Waals surface area contributed by atoms with E-state index < -0.39 is 0 Å². The van der Waals surface area contributed by atoms with Crippen LogP contribution in [0.1, 0.15) is 13.8 Å². The van der Waals surface area contributed by atoms with Gasteiger partial charge in [-0.15, -0.1) is 0 Å². The molecule has 0 atom stereocenters. The van der Waals surface area contributed by atoms with E-state index in [0.29, 0.717) is 16.5 Å². The topological polar surface area (TPSA) is 47.3 Å². The highest BCUT2D eigenvalue weighted by atomic mass is 35.5. The van der Waals surface area contributed by atoms with E-state index >= 15 is 0 Å². The maximum absolute atomic E-state index is 6.12. The zero-order valence-corrected chi connectivity index (χ0v) is 11.7. The van der Waals surface area contributed by atoms with Crippen LogP contribution in [0.3, 0.4) is 0 Å². The van der Waals surface area contributed by atoms with Crippen molar-refractivity contribution >= 4 is 28.7 Å². The molecule has 2 rings (SSSR count). The molecule has 3 nitrogen and oxygen atoms in total. The van der Waals surface area contributed by atoms with Crippen molar-refractivity contribution in [3.8, 4) is 5.75 Å². The van der Waals surface area contributed by atoms with Gasteiger partial charge < -0.3 is 15.8 Å². The molecule has 0 saturated heterocycles. The predicted molar refractivity (Wildman–Crippen MR) is 81.4 cm³/mol. The van der Waals surface area contributed by atoms with Gasteiger partial charge in [0, 0.05) is 0 Å². The van der Waals surface area contributed by atoms with Crippen LogP contribution in [0.15, 0.2) is 42.5 Å². The van der Waals surface area contributed by atoms with Crippen LogP contribution in [-0.4, -0.2) is 6.10 Å². The molecule has 0 spiro atoms. The summed E-state index contributed by atoms with van der Waals surface area (Å²) in [6, 6.07) is 13.2. The Bertz CT molecular complexity index is 570. The molecule has 0 aliphatic carbocycles. The van der Waals surface area contributed by atoms with Gasteiger partial charge in [-0.25, -0.2) is 0 Å². The van der Waals surface area contributed by atoms with Crippen molar-refractivity contribution < 1.29 is 4.74 Å². The fourth-order valence-corrected chi connectivity index (χ4v) is 1.90. The third-order valence-corrected chi connectivity index (χ3v) is 2.90. The number of benzene rings is 2. The minimum atomic E-state index is 0.0814. The summed E-state index contributed by atoms with van der Waals surface area (Å²) in [5.41, 5.74) is 8.28. The van der Waals surface area contributed by atoms with Gasteiger partial charge in [-0.1, -0.05) is 29.8 Å². The number of hydrogen-bond acceptors (Lipinski definition) is 3. The lowest BCUT2D eigenvalue weighted by molar-refractivity contribution is 0.244. The summed E-state index contributed by atoms with van der Waals surface area (Å²) >= 11 is 6.12. The van der Waals surface area contributed by atoms with Gasteiger partial charge >= 0.3 is 0 Å². The molecule has 0 radical (unpaired) electrons. The number of hydrogen-bond donors (Lipinski definition) is 2. The zero-order valence-electron chi connectivity index (χ0n) is 11.0. The fourth-order valence-electron chi connectivity index (χ4n) is 1.72. The number of nitrogens with two attached hydrogens (primary N) is 1. The number of anilines is 3. The Labute approximate surface area is 118 Å². The Morgan fingerprint density at radius 2 is 1.74 bits per heavy atom. The van der Waals surface area contributed by atoms with Crippen LogP contribution >= 0.6 is 11.6 Å². The first-order valence-corrected chi connectivity index (χ1v) is 6.52. The first-order valence-electron chi connectivity index (χ1n) is 6.14. The number of halogens is 1. The number of rotatable bonds is 4. The number of nitrogen functional groups attached to an aromatic ring is 1. The molecule has 0 aromatic heterocycles. The van der Waals surface area contributed by atoms with Crippen molar-refractivity contribution in [3.63, 3.8) is 0 Å². The SMILES string of the molecule is CC(C)Oc1cccc(Nc2ccccc2Cl)c1N. The molecule has 0 saturated carbocycles. The molecule has 100 valence electrons. The quantitative estimate of drug-likeness (QED) is 0.811. The Morgan fingerprint density at radius 1 is 1.05 bits per heavy atom. The Balaban J connectivity index is 2.28. The molecule has 0 bridgehead atoms. The second-order valence-electron chi connectivity index (χ2n) is 4.49. The molecule has 0 amide bonds. The lowest BCUT2D eigenvalue weighted by Crippen LogP contribution is -2.08. The maximum Gasteiger partial charge on any atom is 0.144 e. The molecule has 4 heteroatoms. The van der Waals surface area contributed by atoms with E-state index in [9.17, 15) is 0 Å². The lowest BCUT2D eigenvalue weighted by Gasteiger charge is -2.16. The van der Waals surface area contributed by atoms with Crippen LogP contribution in [0.25, 0.3) is 0 Å². The van der Waals surface area contributed by atoms with E-state index in [2.05, 4.69) is 5.32 Å². The highest BCUT2D eigenvalue weighted by Gasteiger charge is 2.08. The largest absolute Gasteiger partial charge is 0.489 e. The van der Waals surface area contributed by atoms with Crippen molar-refractivity contribution in [2.24, 2.45) is 0 Å². The van der Waals surface area contributed by atoms with Gasteiger partial charge in [0.1, 0.15) is 5.75 Å². The second-order valence-corrected chi connectivity index (χ2v) is 4.90. The summed E-state index contributed by atoms with van der Waals surface area (Å²) in [6.45, 7) is 3.93.